The van der Waals surface area contributed by atoms with Gasteiger partial charge in [0.1, 0.15) is 6.04 Å². The number of aliphatic carboxylic acids is 1. The first-order valence-electron chi connectivity index (χ1n) is 3.76. The third kappa shape index (κ3) is 2.44. The molecule has 0 amide bonds. The zero-order chi connectivity index (χ0) is 10.7. The molecule has 1 aliphatic rings. The summed E-state index contributed by atoms with van der Waals surface area (Å²) in [4.78, 5) is 20.0. The van der Waals surface area contributed by atoms with Crippen LogP contribution in [0, 0.1) is 5.41 Å². The number of nitrogens with one attached hydrogen (secondary N) is 2. The molecule has 14 heavy (non-hydrogen) atoms. The van der Waals surface area contributed by atoms with Crippen LogP contribution in [0.15, 0.2) is 0 Å². The Morgan fingerprint density at radius 3 is 2.71 bits per heavy atom. The van der Waals surface area contributed by atoms with Gasteiger partial charge in [-0.1, -0.05) is 0 Å². The summed E-state index contributed by atoms with van der Waals surface area (Å²) in [6.45, 7) is 0.415. The highest BCUT2D eigenvalue weighted by atomic mass is 31.1. The van der Waals surface area contributed by atoms with E-state index in [1.165, 1.54) is 4.90 Å². The fourth-order valence-electron chi connectivity index (χ4n) is 1.06. The lowest BCUT2D eigenvalue weighted by Gasteiger charge is -2.39. The topological polar surface area (TPSA) is 123 Å². The second-order valence-corrected chi connectivity index (χ2v) is 3.39. The predicted octanol–water partition coefficient (Wildman–Crippen LogP) is -1.02. The van der Waals surface area contributed by atoms with Crippen molar-refractivity contribution in [3.05, 3.63) is 0 Å². The van der Waals surface area contributed by atoms with Crippen LogP contribution in [0.4, 0.5) is 0 Å². The minimum absolute atomic E-state index is 0.323. The van der Waals surface area contributed by atoms with Gasteiger partial charge in [0.2, 0.25) is 5.96 Å². The number of carbonyl (C=O) groups is 1. The second kappa shape index (κ2) is 4.41. The normalized spacial score (nSPS) is 22.4. The summed E-state index contributed by atoms with van der Waals surface area (Å²) < 4.78 is 14.2. The Hall–Kier alpha value is -1.11. The number of carboxylic acid groups (broad SMARTS) is 1. The number of hydrogen-bond donors (Lipinski definition) is 4. The van der Waals surface area contributed by atoms with E-state index in [9.17, 15) is 9.36 Å². The maximum atomic E-state index is 10.5. The first kappa shape index (κ1) is 11.0. The van der Waals surface area contributed by atoms with Crippen LogP contribution in [0.3, 0.4) is 0 Å². The molecule has 1 saturated heterocycles. The smallest absolute Gasteiger partial charge is 0.337 e. The molecule has 1 heterocycles. The highest BCUT2D eigenvalue weighted by molar-refractivity contribution is 7.32. The van der Waals surface area contributed by atoms with Crippen LogP contribution in [0.1, 0.15) is 6.42 Å². The fourth-order valence-corrected chi connectivity index (χ4v) is 1.25. The first-order chi connectivity index (χ1) is 6.52. The quantitative estimate of drug-likeness (QED) is 0.209. The van der Waals surface area contributed by atoms with Crippen LogP contribution >= 0.6 is 8.25 Å². The molecule has 1 rings (SSSR count). The van der Waals surface area contributed by atoms with Gasteiger partial charge in [-0.2, -0.15) is 4.62 Å². The number of rotatable bonds is 3. The average Bonchev–Trinajstić information content (AvgIpc) is 1.97. The molecule has 0 spiro atoms. The van der Waals surface area contributed by atoms with Crippen LogP contribution in [-0.4, -0.2) is 39.4 Å². The van der Waals surface area contributed by atoms with Gasteiger partial charge < -0.3 is 14.9 Å². The summed E-state index contributed by atoms with van der Waals surface area (Å²) in [5.74, 6) is -1.35. The van der Waals surface area contributed by atoms with Gasteiger partial charge in [-0.15, -0.1) is 0 Å². The van der Waals surface area contributed by atoms with Crippen molar-refractivity contribution in [3.63, 3.8) is 0 Å². The molecule has 1 aliphatic heterocycles. The Morgan fingerprint density at radius 2 is 2.36 bits per heavy atom. The lowest BCUT2D eigenvalue weighted by atomic mass is 10.0. The van der Waals surface area contributed by atoms with E-state index in [2.05, 4.69) is 4.62 Å². The van der Waals surface area contributed by atoms with E-state index in [0.717, 1.165) is 0 Å². The van der Waals surface area contributed by atoms with Gasteiger partial charge in [0, 0.05) is 6.54 Å². The molecule has 0 radical (unpaired) electrons. The summed E-state index contributed by atoms with van der Waals surface area (Å²) in [6.07, 6.45) is 0.452. The fraction of sp³-hybridized carbons (Fsp3) is 0.600. The minimum atomic E-state index is -3.16. The summed E-state index contributed by atoms with van der Waals surface area (Å²) >= 11 is 0. The van der Waals surface area contributed by atoms with E-state index in [1.54, 1.807) is 0 Å². The van der Waals surface area contributed by atoms with Gasteiger partial charge >= 0.3 is 14.2 Å². The van der Waals surface area contributed by atoms with Crippen LogP contribution in [0.5, 0.6) is 0 Å². The molecule has 1 fully saturated rings. The number of guanidine groups is 1. The standard InChI is InChI=1S/C5H10N3O5P/c6-5(7-13-14(11)12)8-2-1-3(8)4(9)10/h3,14H,1-2H2,(H2,6,7)(H,9,10)(H,11,12). The van der Waals surface area contributed by atoms with Gasteiger partial charge in [-0.25, -0.2) is 10.3 Å². The number of likely N-dealkylation sites (tertiary alicyclic amines) is 1. The van der Waals surface area contributed by atoms with Gasteiger partial charge in [-0.3, -0.25) is 9.97 Å². The molecule has 0 aromatic carbocycles. The van der Waals surface area contributed by atoms with Gasteiger partial charge in [0.25, 0.3) is 0 Å². The van der Waals surface area contributed by atoms with E-state index in [1.807, 2.05) is 5.48 Å². The van der Waals surface area contributed by atoms with E-state index in [4.69, 9.17) is 15.4 Å². The number of hydrogen-bond acceptors (Lipinski definition) is 4. The summed E-state index contributed by atoms with van der Waals surface area (Å²) in [5.41, 5.74) is 1.90. The molecule has 9 heteroatoms. The highest BCUT2D eigenvalue weighted by Gasteiger charge is 2.36. The molecular weight excluding hydrogens is 213 g/mol. The van der Waals surface area contributed by atoms with Crippen molar-refractivity contribution >= 4 is 20.2 Å². The molecule has 0 bridgehead atoms. The molecule has 80 valence electrons. The Labute approximate surface area is 79.9 Å². The van der Waals surface area contributed by atoms with Gasteiger partial charge in [-0.05, 0) is 6.42 Å². The van der Waals surface area contributed by atoms with E-state index in [0.29, 0.717) is 13.0 Å². The first-order valence-corrected chi connectivity index (χ1v) is 5.02. The number of hydroxylamine groups is 1. The van der Waals surface area contributed by atoms with Crippen LogP contribution in [0.25, 0.3) is 0 Å². The zero-order valence-electron chi connectivity index (χ0n) is 7.06. The van der Waals surface area contributed by atoms with Crippen molar-refractivity contribution in [2.45, 2.75) is 12.5 Å². The molecular formula is C5H10N3O5P. The molecule has 0 saturated carbocycles. The van der Waals surface area contributed by atoms with Crippen molar-refractivity contribution in [3.8, 4) is 0 Å². The van der Waals surface area contributed by atoms with Crippen molar-refractivity contribution in [1.29, 1.82) is 5.41 Å². The molecule has 0 aliphatic carbocycles. The monoisotopic (exact) mass is 223 g/mol. The SMILES string of the molecule is N=C(NO[PH](=O)O)N1CCC1C(=O)O. The summed E-state index contributed by atoms with van der Waals surface area (Å²) in [6, 6.07) is -0.750. The molecule has 8 nitrogen and oxygen atoms in total. The van der Waals surface area contributed by atoms with Crippen molar-refractivity contribution in [1.82, 2.24) is 10.4 Å². The molecule has 0 aromatic rings. The van der Waals surface area contributed by atoms with Crippen LogP contribution in [-0.2, 0) is 14.0 Å². The lowest BCUT2D eigenvalue weighted by Crippen LogP contribution is -2.58. The molecule has 2 atom stereocenters. The van der Waals surface area contributed by atoms with E-state index >= 15 is 0 Å². The number of nitrogens with zero attached hydrogens (tertiary/aromatic N) is 1. The molecule has 4 N–H and O–H groups in total. The average molecular weight is 223 g/mol. The maximum absolute atomic E-state index is 10.5. The van der Waals surface area contributed by atoms with Crippen molar-refractivity contribution in [2.75, 3.05) is 6.54 Å². The third-order valence-corrected chi connectivity index (χ3v) is 2.10. The Bertz CT molecular complexity index is 283. The minimum Gasteiger partial charge on any atom is -0.480 e. The maximum Gasteiger partial charge on any atom is 0.337 e. The van der Waals surface area contributed by atoms with Crippen molar-refractivity contribution in [2.24, 2.45) is 0 Å². The molecule has 2 unspecified atom stereocenters. The summed E-state index contributed by atoms with van der Waals surface area (Å²) in [5, 5.41) is 15.9. The molecule has 0 aromatic heterocycles. The van der Waals surface area contributed by atoms with E-state index < -0.39 is 20.3 Å². The van der Waals surface area contributed by atoms with Crippen molar-refractivity contribution < 1.29 is 24.0 Å². The lowest BCUT2D eigenvalue weighted by molar-refractivity contribution is -0.145. The van der Waals surface area contributed by atoms with Gasteiger partial charge in [0.15, 0.2) is 0 Å². The third-order valence-electron chi connectivity index (χ3n) is 1.83. The second-order valence-electron chi connectivity index (χ2n) is 2.65. The van der Waals surface area contributed by atoms with Crippen LogP contribution < -0.4 is 5.48 Å². The summed E-state index contributed by atoms with van der Waals surface area (Å²) in [7, 11) is -3.16. The largest absolute Gasteiger partial charge is 0.480 e. The van der Waals surface area contributed by atoms with Gasteiger partial charge in [0.05, 0.1) is 0 Å². The Kier molecular flexibility index (Phi) is 3.45. The van der Waals surface area contributed by atoms with E-state index in [-0.39, 0.29) is 5.96 Å². The van der Waals surface area contributed by atoms with Crippen LogP contribution in [0.2, 0.25) is 0 Å². The Balaban J connectivity index is 2.38. The Morgan fingerprint density at radius 1 is 1.71 bits per heavy atom. The highest BCUT2D eigenvalue weighted by Crippen LogP contribution is 2.18. The number of carboxylic acids is 1. The predicted molar refractivity (Wildman–Crippen MR) is 45.9 cm³/mol. The zero-order valence-corrected chi connectivity index (χ0v) is 8.06.